The van der Waals surface area contributed by atoms with Crippen LogP contribution in [0.2, 0.25) is 5.02 Å². The quantitative estimate of drug-likeness (QED) is 0.811. The lowest BCUT2D eigenvalue weighted by Crippen LogP contribution is -2.47. The highest BCUT2D eigenvalue weighted by Gasteiger charge is 2.28. The zero-order valence-electron chi connectivity index (χ0n) is 15.0. The summed E-state index contributed by atoms with van der Waals surface area (Å²) in [7, 11) is -1.89. The van der Waals surface area contributed by atoms with E-state index >= 15 is 0 Å². The molecule has 1 aliphatic rings. The standard InChI is InChI=1S/C18H18ClF2N3O3S/c1-23-6-8-24(9-7-23)28(26,27)13-3-4-15(19)14(11-13)18(25)22-17-5-2-12(20)10-16(17)21/h2-5,10-11H,6-9H2,1H3,(H,22,25). The van der Waals surface area contributed by atoms with Gasteiger partial charge in [-0.3, -0.25) is 4.79 Å². The first-order valence-corrected chi connectivity index (χ1v) is 10.2. The summed E-state index contributed by atoms with van der Waals surface area (Å²) in [6.07, 6.45) is 0. The predicted molar refractivity (Wildman–Crippen MR) is 102 cm³/mol. The minimum atomic E-state index is -3.80. The molecule has 0 bridgehead atoms. The Morgan fingerprint density at radius 3 is 2.39 bits per heavy atom. The van der Waals surface area contributed by atoms with Gasteiger partial charge in [-0.25, -0.2) is 17.2 Å². The van der Waals surface area contributed by atoms with Crippen molar-refractivity contribution in [2.24, 2.45) is 0 Å². The lowest BCUT2D eigenvalue weighted by atomic mass is 10.2. The molecule has 1 amide bonds. The monoisotopic (exact) mass is 429 g/mol. The Morgan fingerprint density at radius 1 is 1.07 bits per heavy atom. The lowest BCUT2D eigenvalue weighted by molar-refractivity contribution is 0.102. The number of nitrogens with zero attached hydrogens (tertiary/aromatic N) is 2. The van der Waals surface area contributed by atoms with Crippen LogP contribution < -0.4 is 5.32 Å². The van der Waals surface area contributed by atoms with Crippen molar-refractivity contribution >= 4 is 33.2 Å². The van der Waals surface area contributed by atoms with Crippen molar-refractivity contribution in [2.75, 3.05) is 38.5 Å². The molecule has 0 radical (unpaired) electrons. The number of benzene rings is 2. The Labute approximate surface area is 166 Å². The molecule has 0 spiro atoms. The lowest BCUT2D eigenvalue weighted by Gasteiger charge is -2.31. The SMILES string of the molecule is CN1CCN(S(=O)(=O)c2ccc(Cl)c(C(=O)Nc3ccc(F)cc3F)c2)CC1. The molecule has 10 heteroatoms. The fourth-order valence-corrected chi connectivity index (χ4v) is 4.45. The maximum absolute atomic E-state index is 13.8. The van der Waals surface area contributed by atoms with Crippen molar-refractivity contribution in [1.29, 1.82) is 0 Å². The average Bonchev–Trinajstić information content (AvgIpc) is 2.64. The summed E-state index contributed by atoms with van der Waals surface area (Å²) in [6, 6.07) is 6.49. The van der Waals surface area contributed by atoms with Gasteiger partial charge in [-0.1, -0.05) is 11.6 Å². The number of carbonyl (C=O) groups excluding carboxylic acids is 1. The summed E-state index contributed by atoms with van der Waals surface area (Å²) in [6.45, 7) is 1.88. The van der Waals surface area contributed by atoms with Crippen LogP contribution in [0.3, 0.4) is 0 Å². The van der Waals surface area contributed by atoms with Gasteiger partial charge >= 0.3 is 0 Å². The van der Waals surface area contributed by atoms with Crippen molar-refractivity contribution in [3.63, 3.8) is 0 Å². The minimum absolute atomic E-state index is 0.0114. The molecule has 1 fully saturated rings. The number of carbonyl (C=O) groups is 1. The summed E-state index contributed by atoms with van der Waals surface area (Å²) in [5, 5.41) is 2.29. The van der Waals surface area contributed by atoms with Gasteiger partial charge in [0.25, 0.3) is 5.91 Å². The number of halogens is 3. The molecule has 0 atom stereocenters. The van der Waals surface area contributed by atoms with Crippen molar-refractivity contribution in [2.45, 2.75) is 4.90 Å². The summed E-state index contributed by atoms with van der Waals surface area (Å²) in [4.78, 5) is 14.4. The Bertz CT molecular complexity index is 1010. The highest BCUT2D eigenvalue weighted by molar-refractivity contribution is 7.89. The third-order valence-electron chi connectivity index (χ3n) is 4.46. The first-order chi connectivity index (χ1) is 13.2. The Kier molecular flexibility index (Phi) is 5.99. The normalized spacial score (nSPS) is 16.1. The molecular weight excluding hydrogens is 412 g/mol. The Morgan fingerprint density at radius 2 is 1.75 bits per heavy atom. The topological polar surface area (TPSA) is 69.7 Å². The molecule has 1 saturated heterocycles. The number of sulfonamides is 1. The van der Waals surface area contributed by atoms with Crippen molar-refractivity contribution in [3.8, 4) is 0 Å². The first-order valence-electron chi connectivity index (χ1n) is 8.43. The van der Waals surface area contributed by atoms with Crippen LogP contribution in [0.5, 0.6) is 0 Å². The molecule has 1 N–H and O–H groups in total. The maximum Gasteiger partial charge on any atom is 0.257 e. The molecule has 6 nitrogen and oxygen atoms in total. The Balaban J connectivity index is 1.87. The van der Waals surface area contributed by atoms with Crippen LogP contribution in [0.1, 0.15) is 10.4 Å². The van der Waals surface area contributed by atoms with E-state index in [9.17, 15) is 22.0 Å². The molecule has 0 saturated carbocycles. The molecule has 150 valence electrons. The van der Waals surface area contributed by atoms with Gasteiger partial charge in [0.1, 0.15) is 11.6 Å². The maximum atomic E-state index is 13.8. The van der Waals surface area contributed by atoms with Crippen LogP contribution in [-0.2, 0) is 10.0 Å². The molecule has 1 aliphatic heterocycles. The van der Waals surface area contributed by atoms with E-state index in [0.29, 0.717) is 32.2 Å². The van der Waals surface area contributed by atoms with Gasteiger partial charge in [-0.2, -0.15) is 4.31 Å². The number of anilines is 1. The van der Waals surface area contributed by atoms with Gasteiger partial charge in [0.05, 0.1) is 21.2 Å². The molecule has 3 rings (SSSR count). The van der Waals surface area contributed by atoms with Gasteiger partial charge in [-0.15, -0.1) is 0 Å². The second-order valence-electron chi connectivity index (χ2n) is 6.43. The number of nitrogens with one attached hydrogen (secondary N) is 1. The van der Waals surface area contributed by atoms with Crippen molar-refractivity contribution in [1.82, 2.24) is 9.21 Å². The number of hydrogen-bond donors (Lipinski definition) is 1. The average molecular weight is 430 g/mol. The second kappa shape index (κ2) is 8.12. The highest BCUT2D eigenvalue weighted by atomic mass is 35.5. The highest BCUT2D eigenvalue weighted by Crippen LogP contribution is 2.25. The summed E-state index contributed by atoms with van der Waals surface area (Å²) < 4.78 is 53.9. The van der Waals surface area contributed by atoms with E-state index in [2.05, 4.69) is 5.32 Å². The van der Waals surface area contributed by atoms with Crippen LogP contribution in [0.15, 0.2) is 41.3 Å². The molecule has 2 aromatic carbocycles. The van der Waals surface area contributed by atoms with Gasteiger partial charge in [0.2, 0.25) is 10.0 Å². The Hall–Kier alpha value is -2.07. The van der Waals surface area contributed by atoms with Gasteiger partial charge in [0.15, 0.2) is 0 Å². The van der Waals surface area contributed by atoms with Crippen LogP contribution in [-0.4, -0.2) is 56.8 Å². The zero-order chi connectivity index (χ0) is 20.5. The van der Waals surface area contributed by atoms with Crippen molar-refractivity contribution < 1.29 is 22.0 Å². The molecule has 0 aromatic heterocycles. The van der Waals surface area contributed by atoms with E-state index < -0.39 is 27.6 Å². The van der Waals surface area contributed by atoms with Gasteiger partial charge < -0.3 is 10.2 Å². The van der Waals surface area contributed by atoms with Crippen LogP contribution >= 0.6 is 11.6 Å². The summed E-state index contributed by atoms with van der Waals surface area (Å²) in [5.74, 6) is -2.54. The van der Waals surface area contributed by atoms with Crippen LogP contribution in [0, 0.1) is 11.6 Å². The van der Waals surface area contributed by atoms with E-state index in [-0.39, 0.29) is 21.2 Å². The van der Waals surface area contributed by atoms with Gasteiger partial charge in [-0.05, 0) is 37.4 Å². The number of likely N-dealkylation sites (N-methyl/N-ethyl adjacent to an activating group) is 1. The fraction of sp³-hybridized carbons (Fsp3) is 0.278. The van der Waals surface area contributed by atoms with Crippen LogP contribution in [0.25, 0.3) is 0 Å². The molecule has 2 aromatic rings. The molecule has 0 aliphatic carbocycles. The summed E-state index contributed by atoms with van der Waals surface area (Å²) >= 11 is 6.05. The van der Waals surface area contributed by atoms with E-state index in [1.54, 1.807) is 0 Å². The predicted octanol–water partition coefficient (Wildman–Crippen LogP) is 2.81. The van der Waals surface area contributed by atoms with E-state index in [4.69, 9.17) is 11.6 Å². The zero-order valence-corrected chi connectivity index (χ0v) is 16.5. The number of amides is 1. The third kappa shape index (κ3) is 4.33. The van der Waals surface area contributed by atoms with E-state index in [0.717, 1.165) is 18.2 Å². The van der Waals surface area contributed by atoms with Gasteiger partial charge in [0, 0.05) is 32.2 Å². The summed E-state index contributed by atoms with van der Waals surface area (Å²) in [5.41, 5.74) is -0.365. The fourth-order valence-electron chi connectivity index (χ4n) is 2.80. The smallest absolute Gasteiger partial charge is 0.257 e. The molecule has 0 unspecified atom stereocenters. The van der Waals surface area contributed by atoms with Crippen LogP contribution in [0.4, 0.5) is 14.5 Å². The first kappa shape index (κ1) is 20.7. The van der Waals surface area contributed by atoms with E-state index in [1.807, 2.05) is 11.9 Å². The number of hydrogen-bond acceptors (Lipinski definition) is 4. The molecular formula is C18H18ClF2N3O3S. The number of piperazine rings is 1. The molecule has 1 heterocycles. The largest absolute Gasteiger partial charge is 0.319 e. The van der Waals surface area contributed by atoms with Crippen molar-refractivity contribution in [3.05, 3.63) is 58.6 Å². The van der Waals surface area contributed by atoms with E-state index in [1.165, 1.54) is 16.4 Å². The number of rotatable bonds is 4. The minimum Gasteiger partial charge on any atom is -0.319 e. The third-order valence-corrected chi connectivity index (χ3v) is 6.69. The second-order valence-corrected chi connectivity index (χ2v) is 8.77. The molecule has 28 heavy (non-hydrogen) atoms.